The Bertz CT molecular complexity index is 599. The summed E-state index contributed by atoms with van der Waals surface area (Å²) in [5, 5.41) is 0.656. The molecule has 1 atom stereocenters. The molecule has 2 aromatic rings. The second kappa shape index (κ2) is 6.25. The van der Waals surface area contributed by atoms with E-state index in [2.05, 4.69) is 0 Å². The minimum absolute atomic E-state index is 0.0925. The van der Waals surface area contributed by atoms with E-state index in [1.807, 2.05) is 43.1 Å². The molecule has 0 saturated heterocycles. The molecule has 0 fully saturated rings. The van der Waals surface area contributed by atoms with Crippen LogP contribution in [0.1, 0.15) is 24.1 Å². The van der Waals surface area contributed by atoms with Gasteiger partial charge in [-0.2, -0.15) is 0 Å². The summed E-state index contributed by atoms with van der Waals surface area (Å²) < 4.78 is 13.2. The molecule has 1 unspecified atom stereocenters. The van der Waals surface area contributed by atoms with Gasteiger partial charge in [0.05, 0.1) is 0 Å². The van der Waals surface area contributed by atoms with Gasteiger partial charge in [0, 0.05) is 30.3 Å². The van der Waals surface area contributed by atoms with Gasteiger partial charge in [0.25, 0.3) is 0 Å². The predicted octanol–water partition coefficient (Wildman–Crippen LogP) is 4.14. The molecule has 0 heterocycles. The van der Waals surface area contributed by atoms with Crippen LogP contribution in [0.15, 0.2) is 42.5 Å². The van der Waals surface area contributed by atoms with Crippen molar-refractivity contribution in [1.29, 1.82) is 0 Å². The molecule has 0 amide bonds. The molecule has 0 aliphatic heterocycles. The van der Waals surface area contributed by atoms with Crippen molar-refractivity contribution in [3.63, 3.8) is 0 Å². The molecule has 2 N–H and O–H groups in total. The lowest BCUT2D eigenvalue weighted by Crippen LogP contribution is -2.17. The van der Waals surface area contributed by atoms with Gasteiger partial charge in [-0.1, -0.05) is 29.8 Å². The van der Waals surface area contributed by atoms with E-state index in [4.69, 9.17) is 17.3 Å². The second-order valence-electron chi connectivity index (χ2n) is 4.98. The highest BCUT2D eigenvalue weighted by Gasteiger charge is 2.09. The lowest BCUT2D eigenvalue weighted by molar-refractivity contribution is 0.625. The van der Waals surface area contributed by atoms with Gasteiger partial charge < -0.3 is 10.6 Å². The maximum atomic E-state index is 13.2. The lowest BCUT2D eigenvalue weighted by atomic mass is 10.1. The normalized spacial score (nSPS) is 12.2. The first-order chi connectivity index (χ1) is 9.47. The van der Waals surface area contributed by atoms with Crippen LogP contribution in [0.4, 0.5) is 10.1 Å². The van der Waals surface area contributed by atoms with Crippen LogP contribution >= 0.6 is 11.6 Å². The average Bonchev–Trinajstić information content (AvgIpc) is 2.38. The number of hydrogen-bond donors (Lipinski definition) is 1. The molecule has 0 aliphatic rings. The van der Waals surface area contributed by atoms with Gasteiger partial charge in [0.2, 0.25) is 0 Å². The molecule has 2 nitrogen and oxygen atoms in total. The van der Waals surface area contributed by atoms with E-state index in [0.29, 0.717) is 11.6 Å². The Morgan fingerprint density at radius 1 is 1.25 bits per heavy atom. The molecular formula is C16H18ClFN2. The first-order valence-corrected chi connectivity index (χ1v) is 6.86. The largest absolute Gasteiger partial charge is 0.370 e. The number of halogens is 2. The van der Waals surface area contributed by atoms with Gasteiger partial charge in [-0.15, -0.1) is 0 Å². The Balaban J connectivity index is 2.17. The quantitative estimate of drug-likeness (QED) is 0.918. The van der Waals surface area contributed by atoms with Gasteiger partial charge in [0.15, 0.2) is 0 Å². The second-order valence-corrected chi connectivity index (χ2v) is 5.39. The van der Waals surface area contributed by atoms with E-state index in [-0.39, 0.29) is 11.9 Å². The number of rotatable bonds is 4. The van der Waals surface area contributed by atoms with E-state index in [9.17, 15) is 4.39 Å². The summed E-state index contributed by atoms with van der Waals surface area (Å²) in [4.78, 5) is 2.02. The topological polar surface area (TPSA) is 29.3 Å². The zero-order valence-electron chi connectivity index (χ0n) is 11.6. The summed E-state index contributed by atoms with van der Waals surface area (Å²) >= 11 is 6.23. The number of nitrogens with zero attached hydrogens (tertiary/aromatic N) is 1. The van der Waals surface area contributed by atoms with Crippen molar-refractivity contribution in [3.05, 3.63) is 64.4 Å². The maximum absolute atomic E-state index is 13.2. The standard InChI is InChI=1S/C16H18ClFN2/c1-11(19)15-7-6-14(9-16(15)17)20(2)10-12-4-3-5-13(18)8-12/h3-9,11H,10,19H2,1-2H3. The molecule has 20 heavy (non-hydrogen) atoms. The van der Waals surface area contributed by atoms with Crippen molar-refractivity contribution in [2.75, 3.05) is 11.9 Å². The van der Waals surface area contributed by atoms with E-state index in [1.165, 1.54) is 12.1 Å². The molecule has 106 valence electrons. The number of nitrogens with two attached hydrogens (primary N) is 1. The Hall–Kier alpha value is -1.58. The van der Waals surface area contributed by atoms with Crippen molar-refractivity contribution >= 4 is 17.3 Å². The molecule has 0 radical (unpaired) electrons. The number of anilines is 1. The fraction of sp³-hybridized carbons (Fsp3) is 0.250. The highest BCUT2D eigenvalue weighted by Crippen LogP contribution is 2.27. The van der Waals surface area contributed by atoms with Gasteiger partial charge in [0.1, 0.15) is 5.82 Å². The van der Waals surface area contributed by atoms with Crippen LogP contribution in [0.25, 0.3) is 0 Å². The fourth-order valence-electron chi connectivity index (χ4n) is 2.12. The Kier molecular flexibility index (Phi) is 4.63. The smallest absolute Gasteiger partial charge is 0.123 e. The van der Waals surface area contributed by atoms with Crippen molar-refractivity contribution in [1.82, 2.24) is 0 Å². The summed E-state index contributed by atoms with van der Waals surface area (Å²) in [5.41, 5.74) is 8.66. The van der Waals surface area contributed by atoms with Crippen LogP contribution in [0.2, 0.25) is 5.02 Å². The van der Waals surface area contributed by atoms with Crippen LogP contribution in [0.5, 0.6) is 0 Å². The van der Waals surface area contributed by atoms with E-state index in [0.717, 1.165) is 16.8 Å². The maximum Gasteiger partial charge on any atom is 0.123 e. The minimum atomic E-state index is -0.221. The molecule has 4 heteroatoms. The van der Waals surface area contributed by atoms with Crippen molar-refractivity contribution in [2.24, 2.45) is 5.73 Å². The highest BCUT2D eigenvalue weighted by atomic mass is 35.5. The van der Waals surface area contributed by atoms with Gasteiger partial charge in [-0.25, -0.2) is 4.39 Å². The summed E-state index contributed by atoms with van der Waals surface area (Å²) in [6.07, 6.45) is 0. The SMILES string of the molecule is CC(N)c1ccc(N(C)Cc2cccc(F)c2)cc1Cl. The van der Waals surface area contributed by atoms with Crippen molar-refractivity contribution in [3.8, 4) is 0 Å². The van der Waals surface area contributed by atoms with Gasteiger partial charge in [-0.3, -0.25) is 0 Å². The summed E-state index contributed by atoms with van der Waals surface area (Å²) in [5.74, 6) is -0.221. The first kappa shape index (κ1) is 14.8. The molecule has 0 aromatic heterocycles. The Labute approximate surface area is 124 Å². The molecular weight excluding hydrogens is 275 g/mol. The third-order valence-corrected chi connectivity index (χ3v) is 3.55. The Morgan fingerprint density at radius 3 is 2.60 bits per heavy atom. The van der Waals surface area contributed by atoms with Crippen LogP contribution in [0.3, 0.4) is 0 Å². The third-order valence-electron chi connectivity index (χ3n) is 3.22. The zero-order chi connectivity index (χ0) is 14.7. The summed E-state index contributed by atoms with van der Waals surface area (Å²) in [6, 6.07) is 12.3. The molecule has 2 aromatic carbocycles. The minimum Gasteiger partial charge on any atom is -0.370 e. The van der Waals surface area contributed by atoms with E-state index in [1.54, 1.807) is 6.07 Å². The number of hydrogen-bond acceptors (Lipinski definition) is 2. The lowest BCUT2D eigenvalue weighted by Gasteiger charge is -2.21. The summed E-state index contributed by atoms with van der Waals surface area (Å²) in [7, 11) is 1.95. The van der Waals surface area contributed by atoms with E-state index >= 15 is 0 Å². The Morgan fingerprint density at radius 2 is 2.00 bits per heavy atom. The molecule has 0 bridgehead atoms. The van der Waals surface area contributed by atoms with Crippen molar-refractivity contribution in [2.45, 2.75) is 19.5 Å². The van der Waals surface area contributed by atoms with Crippen LogP contribution < -0.4 is 10.6 Å². The van der Waals surface area contributed by atoms with Gasteiger partial charge in [-0.05, 0) is 42.3 Å². The molecule has 0 saturated carbocycles. The molecule has 0 aliphatic carbocycles. The third kappa shape index (κ3) is 3.50. The van der Waals surface area contributed by atoms with Gasteiger partial charge >= 0.3 is 0 Å². The van der Waals surface area contributed by atoms with Crippen molar-refractivity contribution < 1.29 is 4.39 Å². The molecule has 2 rings (SSSR count). The van der Waals surface area contributed by atoms with Crippen LogP contribution in [-0.2, 0) is 6.54 Å². The zero-order valence-corrected chi connectivity index (χ0v) is 12.4. The fourth-order valence-corrected chi connectivity index (χ4v) is 2.47. The highest BCUT2D eigenvalue weighted by molar-refractivity contribution is 6.31. The average molecular weight is 293 g/mol. The predicted molar refractivity (Wildman–Crippen MR) is 82.6 cm³/mol. The van der Waals surface area contributed by atoms with Crippen LogP contribution in [0, 0.1) is 5.82 Å². The number of benzene rings is 2. The van der Waals surface area contributed by atoms with Crippen LogP contribution in [-0.4, -0.2) is 7.05 Å². The molecule has 0 spiro atoms. The summed E-state index contributed by atoms with van der Waals surface area (Å²) in [6.45, 7) is 2.52. The van der Waals surface area contributed by atoms with E-state index < -0.39 is 0 Å². The first-order valence-electron chi connectivity index (χ1n) is 6.48. The monoisotopic (exact) mass is 292 g/mol.